The highest BCUT2D eigenvalue weighted by molar-refractivity contribution is 5.77. The lowest BCUT2D eigenvalue weighted by Gasteiger charge is -2.06. The van der Waals surface area contributed by atoms with Crippen LogP contribution < -0.4 is 5.32 Å². The van der Waals surface area contributed by atoms with Gasteiger partial charge in [-0.1, -0.05) is 18.2 Å². The molecule has 5 heteroatoms. The summed E-state index contributed by atoms with van der Waals surface area (Å²) in [5, 5.41) is 7.65. The Morgan fingerprint density at radius 2 is 1.73 bits per heavy atom. The van der Waals surface area contributed by atoms with Crippen LogP contribution in [0.4, 0.5) is 11.5 Å². The van der Waals surface area contributed by atoms with E-state index in [9.17, 15) is 0 Å². The highest BCUT2D eigenvalue weighted by Crippen LogP contribution is 2.24. The first-order valence-corrected chi connectivity index (χ1v) is 6.97. The van der Waals surface area contributed by atoms with Gasteiger partial charge in [0.25, 0.3) is 0 Å². The predicted molar refractivity (Wildman–Crippen MR) is 85.9 cm³/mol. The number of nitrogens with one attached hydrogen (secondary N) is 1. The molecule has 0 spiro atoms. The van der Waals surface area contributed by atoms with Crippen LogP contribution in [0, 0.1) is 0 Å². The van der Waals surface area contributed by atoms with E-state index in [1.165, 1.54) is 0 Å². The molecule has 4 rings (SSSR count). The van der Waals surface area contributed by atoms with E-state index in [1.54, 1.807) is 16.9 Å². The van der Waals surface area contributed by atoms with Crippen LogP contribution in [-0.4, -0.2) is 19.6 Å². The highest BCUT2D eigenvalue weighted by atomic mass is 15.2. The van der Waals surface area contributed by atoms with E-state index in [1.807, 2.05) is 60.9 Å². The second-order valence-electron chi connectivity index (χ2n) is 4.87. The van der Waals surface area contributed by atoms with E-state index < -0.39 is 0 Å². The Morgan fingerprint density at radius 3 is 2.55 bits per heavy atom. The first-order chi connectivity index (χ1) is 10.9. The average molecular weight is 287 g/mol. The van der Waals surface area contributed by atoms with Crippen molar-refractivity contribution in [3.63, 3.8) is 0 Å². The Hall–Kier alpha value is -3.21. The number of pyridine rings is 1. The molecular weight excluding hydrogens is 274 g/mol. The predicted octanol–water partition coefficient (Wildman–Crippen LogP) is 3.53. The first kappa shape index (κ1) is 12.5. The van der Waals surface area contributed by atoms with Gasteiger partial charge in [-0.05, 0) is 35.9 Å². The van der Waals surface area contributed by atoms with Crippen molar-refractivity contribution < 1.29 is 0 Å². The number of aromatic nitrogens is 4. The molecule has 0 fully saturated rings. The van der Waals surface area contributed by atoms with Crippen LogP contribution in [0.2, 0.25) is 0 Å². The van der Waals surface area contributed by atoms with Gasteiger partial charge in [0, 0.05) is 29.8 Å². The largest absolute Gasteiger partial charge is 0.340 e. The van der Waals surface area contributed by atoms with Crippen LogP contribution in [0.1, 0.15) is 0 Å². The van der Waals surface area contributed by atoms with E-state index in [-0.39, 0.29) is 0 Å². The van der Waals surface area contributed by atoms with Gasteiger partial charge in [-0.25, -0.2) is 9.50 Å². The molecule has 0 aliphatic carbocycles. The highest BCUT2D eigenvalue weighted by Gasteiger charge is 2.08. The summed E-state index contributed by atoms with van der Waals surface area (Å²) < 4.78 is 1.77. The molecule has 0 aliphatic rings. The standard InChI is InChI=1S/C17H13N5/c1-2-4-14(5-3-1)20-16-8-11-22-17(21-16)15(12-19-22)13-6-9-18-10-7-13/h1-12H,(H,20,21). The number of hydrogen-bond donors (Lipinski definition) is 1. The van der Waals surface area contributed by atoms with E-state index in [0.717, 1.165) is 28.3 Å². The summed E-state index contributed by atoms with van der Waals surface area (Å²) in [4.78, 5) is 8.72. The van der Waals surface area contributed by atoms with Crippen molar-refractivity contribution in [3.05, 3.63) is 73.3 Å². The molecule has 0 aliphatic heterocycles. The molecule has 3 heterocycles. The van der Waals surface area contributed by atoms with Crippen LogP contribution in [-0.2, 0) is 0 Å². The van der Waals surface area contributed by atoms with E-state index >= 15 is 0 Å². The Kier molecular flexibility index (Phi) is 3.01. The molecule has 0 amide bonds. The van der Waals surface area contributed by atoms with Gasteiger partial charge in [0.15, 0.2) is 5.65 Å². The van der Waals surface area contributed by atoms with Crippen molar-refractivity contribution in [2.45, 2.75) is 0 Å². The maximum absolute atomic E-state index is 4.68. The lowest BCUT2D eigenvalue weighted by Crippen LogP contribution is -1.97. The number of benzene rings is 1. The van der Waals surface area contributed by atoms with E-state index in [2.05, 4.69) is 20.4 Å². The molecule has 1 aromatic carbocycles. The minimum absolute atomic E-state index is 0.787. The molecular formula is C17H13N5. The smallest absolute Gasteiger partial charge is 0.165 e. The van der Waals surface area contributed by atoms with Gasteiger partial charge in [0.05, 0.1) is 6.20 Å². The molecule has 1 N–H and O–H groups in total. The molecule has 0 bridgehead atoms. The van der Waals surface area contributed by atoms with Crippen LogP contribution in [0.25, 0.3) is 16.8 Å². The minimum Gasteiger partial charge on any atom is -0.340 e. The quantitative estimate of drug-likeness (QED) is 0.626. The van der Waals surface area contributed by atoms with Gasteiger partial charge >= 0.3 is 0 Å². The summed E-state index contributed by atoms with van der Waals surface area (Å²) in [7, 11) is 0. The number of hydrogen-bond acceptors (Lipinski definition) is 4. The zero-order valence-corrected chi connectivity index (χ0v) is 11.7. The zero-order chi connectivity index (χ0) is 14.8. The lowest BCUT2D eigenvalue weighted by atomic mass is 10.1. The molecule has 4 aromatic rings. The van der Waals surface area contributed by atoms with Crippen LogP contribution in [0.3, 0.4) is 0 Å². The third-order valence-electron chi connectivity index (χ3n) is 3.41. The molecule has 0 saturated carbocycles. The minimum atomic E-state index is 0.787. The monoisotopic (exact) mass is 287 g/mol. The summed E-state index contributed by atoms with van der Waals surface area (Å²) in [6, 6.07) is 15.8. The van der Waals surface area contributed by atoms with Crippen molar-refractivity contribution in [2.24, 2.45) is 0 Å². The fourth-order valence-electron chi connectivity index (χ4n) is 2.34. The number of nitrogens with zero attached hydrogens (tertiary/aromatic N) is 4. The third-order valence-corrected chi connectivity index (χ3v) is 3.41. The average Bonchev–Trinajstić information content (AvgIpc) is 3.00. The number of para-hydroxylation sites is 1. The summed E-state index contributed by atoms with van der Waals surface area (Å²) in [5.41, 5.74) is 3.85. The Labute approximate surface area is 127 Å². The van der Waals surface area contributed by atoms with Crippen LogP contribution in [0.5, 0.6) is 0 Å². The number of fused-ring (bicyclic) bond motifs is 1. The molecule has 0 atom stereocenters. The number of anilines is 2. The Bertz CT molecular complexity index is 900. The van der Waals surface area contributed by atoms with Gasteiger partial charge < -0.3 is 5.32 Å². The summed E-state index contributed by atoms with van der Waals surface area (Å²) in [6.07, 6.45) is 7.26. The molecule has 0 unspecified atom stereocenters. The van der Waals surface area contributed by atoms with E-state index in [4.69, 9.17) is 0 Å². The van der Waals surface area contributed by atoms with Crippen molar-refractivity contribution >= 4 is 17.2 Å². The second kappa shape index (κ2) is 5.29. The number of rotatable bonds is 3. The Morgan fingerprint density at radius 1 is 0.909 bits per heavy atom. The third kappa shape index (κ3) is 2.29. The SMILES string of the molecule is c1ccc(Nc2ccn3ncc(-c4ccncc4)c3n2)cc1. The lowest BCUT2D eigenvalue weighted by molar-refractivity contribution is 0.941. The van der Waals surface area contributed by atoms with Crippen molar-refractivity contribution in [1.82, 2.24) is 19.6 Å². The van der Waals surface area contributed by atoms with Crippen molar-refractivity contribution in [3.8, 4) is 11.1 Å². The fourth-order valence-corrected chi connectivity index (χ4v) is 2.34. The molecule has 0 saturated heterocycles. The first-order valence-electron chi connectivity index (χ1n) is 6.97. The van der Waals surface area contributed by atoms with Crippen molar-refractivity contribution in [2.75, 3.05) is 5.32 Å². The van der Waals surface area contributed by atoms with Crippen molar-refractivity contribution in [1.29, 1.82) is 0 Å². The molecule has 22 heavy (non-hydrogen) atoms. The summed E-state index contributed by atoms with van der Waals surface area (Å²) in [5.74, 6) is 0.787. The fraction of sp³-hybridized carbons (Fsp3) is 0. The topological polar surface area (TPSA) is 55.1 Å². The second-order valence-corrected chi connectivity index (χ2v) is 4.87. The molecule has 0 radical (unpaired) electrons. The maximum atomic E-state index is 4.68. The van der Waals surface area contributed by atoms with Gasteiger partial charge in [-0.2, -0.15) is 5.10 Å². The normalized spacial score (nSPS) is 10.7. The van der Waals surface area contributed by atoms with Crippen LogP contribution >= 0.6 is 0 Å². The van der Waals surface area contributed by atoms with Gasteiger partial charge in [-0.3, -0.25) is 4.98 Å². The maximum Gasteiger partial charge on any atom is 0.165 e. The molecule has 106 valence electrons. The molecule has 3 aromatic heterocycles. The van der Waals surface area contributed by atoms with Gasteiger partial charge in [-0.15, -0.1) is 0 Å². The summed E-state index contributed by atoms with van der Waals surface area (Å²) >= 11 is 0. The Balaban J connectivity index is 1.77. The van der Waals surface area contributed by atoms with E-state index in [0.29, 0.717) is 0 Å². The van der Waals surface area contributed by atoms with Crippen LogP contribution in [0.15, 0.2) is 73.3 Å². The zero-order valence-electron chi connectivity index (χ0n) is 11.7. The summed E-state index contributed by atoms with van der Waals surface area (Å²) in [6.45, 7) is 0. The van der Waals surface area contributed by atoms with Gasteiger partial charge in [0.2, 0.25) is 0 Å². The molecule has 5 nitrogen and oxygen atoms in total. The van der Waals surface area contributed by atoms with Gasteiger partial charge in [0.1, 0.15) is 5.82 Å².